The summed E-state index contributed by atoms with van der Waals surface area (Å²) in [4.78, 5) is 27.3. The summed E-state index contributed by atoms with van der Waals surface area (Å²) in [6.45, 7) is 0. The number of nitrogens with one attached hydrogen (secondary N) is 1. The topological polar surface area (TPSA) is 73.2 Å². The molecule has 0 aliphatic carbocycles. The van der Waals surface area contributed by atoms with Crippen molar-refractivity contribution < 1.29 is 14.3 Å². The van der Waals surface area contributed by atoms with E-state index in [1.165, 1.54) is 7.11 Å². The zero-order valence-corrected chi connectivity index (χ0v) is 21.0. The molecular weight excluding hydrogens is 497 g/mol. The van der Waals surface area contributed by atoms with Crippen molar-refractivity contribution in [2.45, 2.75) is 5.54 Å². The van der Waals surface area contributed by atoms with E-state index >= 15 is 0 Å². The molecule has 0 spiro atoms. The molecule has 5 rings (SSSR count). The van der Waals surface area contributed by atoms with E-state index in [1.54, 1.807) is 30.7 Å². The Hall–Kier alpha value is -3.87. The lowest BCUT2D eigenvalue weighted by molar-refractivity contribution is 0.111. The molecule has 0 saturated carbocycles. The number of rotatable bonds is 6. The van der Waals surface area contributed by atoms with Crippen LogP contribution in [0.4, 0.5) is 0 Å². The molecule has 0 bridgehead atoms. The van der Waals surface area contributed by atoms with Gasteiger partial charge in [0.2, 0.25) is 0 Å². The molecule has 1 N–H and O–H groups in total. The van der Waals surface area contributed by atoms with Crippen molar-refractivity contribution in [2.24, 2.45) is 7.05 Å². The first-order valence-electron chi connectivity index (χ1n) is 11.1. The Morgan fingerprint density at radius 2 is 1.78 bits per heavy atom. The summed E-state index contributed by atoms with van der Waals surface area (Å²) in [7, 11) is 3.41. The number of pyridine rings is 1. The van der Waals surface area contributed by atoms with E-state index in [9.17, 15) is 9.59 Å². The Morgan fingerprint density at radius 3 is 2.50 bits per heavy atom. The number of dihydropyridines is 1. The number of carbonyl (C=O) groups excluding carboxylic acids is 2. The third-order valence-corrected chi connectivity index (χ3v) is 7.34. The lowest BCUT2D eigenvalue weighted by Gasteiger charge is -2.39. The van der Waals surface area contributed by atoms with Crippen LogP contribution in [-0.4, -0.2) is 29.2 Å². The van der Waals surface area contributed by atoms with Crippen LogP contribution in [-0.2, 0) is 12.6 Å². The summed E-state index contributed by atoms with van der Waals surface area (Å²) in [6, 6.07) is 13.0. The van der Waals surface area contributed by atoms with Crippen LogP contribution in [0.25, 0.3) is 16.5 Å². The zero-order valence-electron chi connectivity index (χ0n) is 19.5. The number of aromatic nitrogens is 2. The fourth-order valence-electron chi connectivity index (χ4n) is 4.76. The number of ether oxygens (including phenoxy) is 1. The van der Waals surface area contributed by atoms with Gasteiger partial charge in [-0.3, -0.25) is 14.6 Å². The summed E-state index contributed by atoms with van der Waals surface area (Å²) in [5.74, 6) is 0.425. The number of hydrogen-bond acceptors (Lipinski definition) is 5. The molecule has 8 heteroatoms. The summed E-state index contributed by atoms with van der Waals surface area (Å²) in [6.07, 6.45) is 10.3. The number of aldehydes is 2. The van der Waals surface area contributed by atoms with Gasteiger partial charge in [0.25, 0.3) is 0 Å². The molecule has 4 aromatic rings. The second kappa shape index (κ2) is 9.30. The van der Waals surface area contributed by atoms with Crippen molar-refractivity contribution in [3.05, 3.63) is 111 Å². The maximum Gasteiger partial charge on any atom is 0.153 e. The molecule has 180 valence electrons. The quantitative estimate of drug-likeness (QED) is 0.323. The van der Waals surface area contributed by atoms with Crippen molar-refractivity contribution >= 4 is 52.3 Å². The largest absolute Gasteiger partial charge is 0.496 e. The maximum absolute atomic E-state index is 11.6. The molecule has 0 fully saturated rings. The van der Waals surface area contributed by atoms with Gasteiger partial charge >= 0.3 is 0 Å². The zero-order chi connectivity index (χ0) is 25.4. The molecule has 0 saturated heterocycles. The van der Waals surface area contributed by atoms with Crippen LogP contribution in [0.2, 0.25) is 5.02 Å². The van der Waals surface area contributed by atoms with E-state index in [0.29, 0.717) is 26.9 Å². The van der Waals surface area contributed by atoms with Crippen LogP contribution in [0.3, 0.4) is 0 Å². The molecular formula is C28H21Cl2N3O3. The van der Waals surface area contributed by atoms with Gasteiger partial charge in [0.05, 0.1) is 22.7 Å². The summed E-state index contributed by atoms with van der Waals surface area (Å²) < 4.78 is 7.42. The third-order valence-electron chi connectivity index (χ3n) is 6.55. The van der Waals surface area contributed by atoms with Gasteiger partial charge in [-0.25, -0.2) is 0 Å². The molecule has 2 aromatic heterocycles. The Balaban J connectivity index is 1.85. The second-order valence-corrected chi connectivity index (χ2v) is 9.22. The first-order chi connectivity index (χ1) is 17.4. The molecule has 0 amide bonds. The molecule has 3 heterocycles. The number of methoxy groups -OCH3 is 1. The fraction of sp³-hybridized carbons (Fsp3) is 0.107. The number of benzene rings is 2. The Labute approximate surface area is 217 Å². The highest BCUT2D eigenvalue weighted by atomic mass is 35.5. The average Bonchev–Trinajstić information content (AvgIpc) is 3.24. The van der Waals surface area contributed by atoms with Crippen LogP contribution < -0.4 is 10.1 Å². The minimum absolute atomic E-state index is 0.425. The summed E-state index contributed by atoms with van der Waals surface area (Å²) in [5, 5.41) is 5.25. The highest BCUT2D eigenvalue weighted by Gasteiger charge is 2.41. The predicted octanol–water partition coefficient (Wildman–Crippen LogP) is 5.87. The van der Waals surface area contributed by atoms with Crippen molar-refractivity contribution in [1.29, 1.82) is 0 Å². The van der Waals surface area contributed by atoms with Gasteiger partial charge in [-0.1, -0.05) is 41.4 Å². The average molecular weight is 518 g/mol. The summed E-state index contributed by atoms with van der Waals surface area (Å²) >= 11 is 13.8. The Bertz CT molecular complexity index is 1590. The van der Waals surface area contributed by atoms with Gasteiger partial charge in [0, 0.05) is 53.2 Å². The number of hydrogen-bond donors (Lipinski definition) is 1. The van der Waals surface area contributed by atoms with Crippen molar-refractivity contribution in [3.8, 4) is 5.75 Å². The molecule has 0 radical (unpaired) electrons. The SMILES string of the molecule is COc1cc(C2(c3ccc4c(C=O)cn(C)c4c3)NC=CC(c3ccncc3Cl)=C2Cl)ccc1C=O. The van der Waals surface area contributed by atoms with E-state index in [4.69, 9.17) is 27.9 Å². The molecule has 1 aliphatic rings. The Kier molecular flexibility index (Phi) is 6.16. The normalized spacial score (nSPS) is 17.2. The monoisotopic (exact) mass is 517 g/mol. The number of nitrogens with zero attached hydrogens (tertiary/aromatic N) is 2. The van der Waals surface area contributed by atoms with Crippen LogP contribution in [0.15, 0.2) is 78.4 Å². The van der Waals surface area contributed by atoms with Crippen LogP contribution in [0.5, 0.6) is 5.75 Å². The molecule has 36 heavy (non-hydrogen) atoms. The van der Waals surface area contributed by atoms with Crippen molar-refractivity contribution in [3.63, 3.8) is 0 Å². The minimum atomic E-state index is -1.05. The number of halogens is 2. The van der Waals surface area contributed by atoms with Crippen LogP contribution in [0.1, 0.15) is 37.4 Å². The van der Waals surface area contributed by atoms with E-state index < -0.39 is 5.54 Å². The lowest BCUT2D eigenvalue weighted by atomic mass is 9.78. The van der Waals surface area contributed by atoms with Gasteiger partial charge in [-0.2, -0.15) is 0 Å². The minimum Gasteiger partial charge on any atom is -0.496 e. The van der Waals surface area contributed by atoms with Crippen LogP contribution in [0, 0.1) is 0 Å². The van der Waals surface area contributed by atoms with Gasteiger partial charge in [0.15, 0.2) is 12.6 Å². The predicted molar refractivity (Wildman–Crippen MR) is 142 cm³/mol. The lowest BCUT2D eigenvalue weighted by Crippen LogP contribution is -2.43. The number of fused-ring (bicyclic) bond motifs is 1. The molecule has 6 nitrogen and oxygen atoms in total. The van der Waals surface area contributed by atoms with Crippen LogP contribution >= 0.6 is 23.2 Å². The van der Waals surface area contributed by atoms with Crippen molar-refractivity contribution in [1.82, 2.24) is 14.9 Å². The first-order valence-corrected chi connectivity index (χ1v) is 11.8. The maximum atomic E-state index is 11.6. The number of carbonyl (C=O) groups is 2. The standard InChI is InChI=1S/C28H21Cl2N3O3/c1-33-14-18(16-35)21-6-5-19(11-25(21)33)28(20-4-3-17(15-34)26(12-20)36-2)27(30)23(8-10-32-28)22-7-9-31-13-24(22)29/h3-16,32H,1-2H3. The third kappa shape index (κ3) is 3.61. The van der Waals surface area contributed by atoms with E-state index in [2.05, 4.69) is 10.3 Å². The second-order valence-electron chi connectivity index (χ2n) is 8.43. The van der Waals surface area contributed by atoms with Crippen molar-refractivity contribution in [2.75, 3.05) is 7.11 Å². The first kappa shape index (κ1) is 23.9. The van der Waals surface area contributed by atoms with E-state index in [1.807, 2.05) is 54.2 Å². The summed E-state index contributed by atoms with van der Waals surface area (Å²) in [5.41, 5.74) is 3.89. The van der Waals surface area contributed by atoms with E-state index in [0.717, 1.165) is 45.7 Å². The fourth-order valence-corrected chi connectivity index (χ4v) is 5.42. The smallest absolute Gasteiger partial charge is 0.153 e. The molecule has 2 aromatic carbocycles. The molecule has 1 unspecified atom stereocenters. The highest BCUT2D eigenvalue weighted by molar-refractivity contribution is 6.37. The van der Waals surface area contributed by atoms with Gasteiger partial charge in [-0.05, 0) is 47.7 Å². The van der Waals surface area contributed by atoms with Gasteiger partial charge < -0.3 is 14.6 Å². The number of aryl methyl sites for hydroxylation is 1. The highest BCUT2D eigenvalue weighted by Crippen LogP contribution is 2.47. The van der Waals surface area contributed by atoms with Gasteiger partial charge in [0.1, 0.15) is 11.3 Å². The molecule has 1 aliphatic heterocycles. The van der Waals surface area contributed by atoms with E-state index in [-0.39, 0.29) is 0 Å². The van der Waals surface area contributed by atoms with Gasteiger partial charge in [-0.15, -0.1) is 0 Å². The number of allylic oxidation sites excluding steroid dienone is 2. The molecule has 1 atom stereocenters. The Morgan fingerprint density at radius 1 is 1.03 bits per heavy atom.